The quantitative estimate of drug-likeness (QED) is 0.441. The van der Waals surface area contributed by atoms with Crippen LogP contribution < -0.4 is 10.6 Å². The van der Waals surface area contributed by atoms with Crippen molar-refractivity contribution in [1.82, 2.24) is 15.5 Å². The van der Waals surface area contributed by atoms with Crippen LogP contribution in [-0.2, 0) is 6.54 Å². The minimum absolute atomic E-state index is 0.627. The molecule has 2 N–H and O–H groups in total. The molecule has 120 valence electrons. The molecule has 0 aliphatic heterocycles. The van der Waals surface area contributed by atoms with Crippen LogP contribution >= 0.6 is 11.3 Å². The average Bonchev–Trinajstić information content (AvgIpc) is 2.87. The predicted octanol–water partition coefficient (Wildman–Crippen LogP) is 2.84. The fourth-order valence-electron chi connectivity index (χ4n) is 1.92. The standard InChI is InChI=1S/C16H30N4S/c1-13(2)20(5)11-7-6-10-18-16(17-4)19-12-15-9-8-14(3)21-15/h8-9,13H,6-7,10-12H2,1-5H3,(H2,17,18,19). The van der Waals surface area contributed by atoms with Gasteiger partial charge in [-0.2, -0.15) is 0 Å². The lowest BCUT2D eigenvalue weighted by Crippen LogP contribution is -2.37. The number of nitrogens with zero attached hydrogens (tertiary/aromatic N) is 2. The van der Waals surface area contributed by atoms with E-state index < -0.39 is 0 Å². The number of thiophene rings is 1. The molecule has 1 aromatic rings. The van der Waals surface area contributed by atoms with E-state index in [1.54, 1.807) is 0 Å². The Hall–Kier alpha value is -1.07. The third kappa shape index (κ3) is 7.48. The van der Waals surface area contributed by atoms with Crippen LogP contribution in [-0.4, -0.2) is 44.1 Å². The summed E-state index contributed by atoms with van der Waals surface area (Å²) >= 11 is 1.83. The van der Waals surface area contributed by atoms with Crippen molar-refractivity contribution in [1.29, 1.82) is 0 Å². The van der Waals surface area contributed by atoms with E-state index >= 15 is 0 Å². The van der Waals surface area contributed by atoms with Gasteiger partial charge in [-0.3, -0.25) is 4.99 Å². The molecule has 0 saturated heterocycles. The van der Waals surface area contributed by atoms with E-state index in [9.17, 15) is 0 Å². The number of guanidine groups is 1. The summed E-state index contributed by atoms with van der Waals surface area (Å²) in [6, 6.07) is 4.95. The molecule has 0 spiro atoms. The Bertz CT molecular complexity index is 426. The van der Waals surface area contributed by atoms with E-state index in [1.165, 1.54) is 16.2 Å². The van der Waals surface area contributed by atoms with Crippen LogP contribution in [0.15, 0.2) is 17.1 Å². The summed E-state index contributed by atoms with van der Waals surface area (Å²) in [5.74, 6) is 0.887. The van der Waals surface area contributed by atoms with Gasteiger partial charge in [-0.25, -0.2) is 0 Å². The van der Waals surface area contributed by atoms with Crippen LogP contribution in [0.5, 0.6) is 0 Å². The van der Waals surface area contributed by atoms with E-state index in [-0.39, 0.29) is 0 Å². The first-order valence-electron chi connectivity index (χ1n) is 7.73. The Kier molecular flexibility index (Phi) is 8.38. The minimum atomic E-state index is 0.627. The summed E-state index contributed by atoms with van der Waals surface area (Å²) < 4.78 is 0. The molecule has 1 heterocycles. The fourth-order valence-corrected chi connectivity index (χ4v) is 2.75. The van der Waals surface area contributed by atoms with Gasteiger partial charge in [-0.05, 0) is 59.3 Å². The van der Waals surface area contributed by atoms with Crippen LogP contribution in [0.4, 0.5) is 0 Å². The lowest BCUT2D eigenvalue weighted by atomic mass is 10.2. The van der Waals surface area contributed by atoms with Gasteiger partial charge in [0, 0.05) is 29.4 Å². The highest BCUT2D eigenvalue weighted by atomic mass is 32.1. The smallest absolute Gasteiger partial charge is 0.191 e. The van der Waals surface area contributed by atoms with Crippen molar-refractivity contribution in [2.24, 2.45) is 4.99 Å². The van der Waals surface area contributed by atoms with E-state index in [0.717, 1.165) is 32.0 Å². The van der Waals surface area contributed by atoms with E-state index in [2.05, 4.69) is 60.5 Å². The molecule has 0 aliphatic carbocycles. The molecular formula is C16H30N4S. The molecule has 0 atom stereocenters. The molecule has 0 aromatic carbocycles. The maximum absolute atomic E-state index is 4.26. The van der Waals surface area contributed by atoms with Crippen molar-refractivity contribution in [3.8, 4) is 0 Å². The van der Waals surface area contributed by atoms with Crippen LogP contribution in [0.2, 0.25) is 0 Å². The van der Waals surface area contributed by atoms with Crippen LogP contribution in [0.1, 0.15) is 36.4 Å². The Labute approximate surface area is 133 Å². The van der Waals surface area contributed by atoms with Crippen LogP contribution in [0.25, 0.3) is 0 Å². The van der Waals surface area contributed by atoms with Gasteiger partial charge >= 0.3 is 0 Å². The summed E-state index contributed by atoms with van der Waals surface area (Å²) in [7, 11) is 4.00. The highest BCUT2D eigenvalue weighted by molar-refractivity contribution is 7.11. The summed E-state index contributed by atoms with van der Waals surface area (Å²) in [6.07, 6.45) is 2.37. The van der Waals surface area contributed by atoms with Gasteiger partial charge in [-0.1, -0.05) is 0 Å². The zero-order valence-corrected chi connectivity index (χ0v) is 14.9. The van der Waals surface area contributed by atoms with Crippen molar-refractivity contribution in [3.05, 3.63) is 21.9 Å². The van der Waals surface area contributed by atoms with Crippen molar-refractivity contribution in [3.63, 3.8) is 0 Å². The van der Waals surface area contributed by atoms with Crippen molar-refractivity contribution in [2.45, 2.75) is 46.2 Å². The van der Waals surface area contributed by atoms with Crippen LogP contribution in [0.3, 0.4) is 0 Å². The molecule has 0 unspecified atom stereocenters. The topological polar surface area (TPSA) is 39.7 Å². The zero-order chi connectivity index (χ0) is 15.7. The molecular weight excluding hydrogens is 280 g/mol. The largest absolute Gasteiger partial charge is 0.356 e. The number of aliphatic imine (C=N–C) groups is 1. The van der Waals surface area contributed by atoms with Crippen molar-refractivity contribution >= 4 is 17.3 Å². The molecule has 0 aliphatic rings. The van der Waals surface area contributed by atoms with Gasteiger partial charge < -0.3 is 15.5 Å². The van der Waals surface area contributed by atoms with Crippen molar-refractivity contribution in [2.75, 3.05) is 27.2 Å². The monoisotopic (exact) mass is 310 g/mol. The van der Waals surface area contributed by atoms with E-state index in [0.29, 0.717) is 6.04 Å². The summed E-state index contributed by atoms with van der Waals surface area (Å²) in [5, 5.41) is 6.73. The Morgan fingerprint density at radius 2 is 2.05 bits per heavy atom. The summed E-state index contributed by atoms with van der Waals surface area (Å²) in [6.45, 7) is 9.56. The number of nitrogens with one attached hydrogen (secondary N) is 2. The Morgan fingerprint density at radius 3 is 2.62 bits per heavy atom. The summed E-state index contributed by atoms with van der Waals surface area (Å²) in [5.41, 5.74) is 0. The maximum atomic E-state index is 4.26. The Morgan fingerprint density at radius 1 is 1.29 bits per heavy atom. The van der Waals surface area contributed by atoms with Crippen LogP contribution in [0, 0.1) is 6.92 Å². The van der Waals surface area contributed by atoms with Gasteiger partial charge in [0.25, 0.3) is 0 Å². The second-order valence-corrected chi connectivity index (χ2v) is 7.02. The molecule has 0 fully saturated rings. The van der Waals surface area contributed by atoms with Gasteiger partial charge in [0.1, 0.15) is 0 Å². The van der Waals surface area contributed by atoms with Crippen molar-refractivity contribution < 1.29 is 0 Å². The third-order valence-corrected chi connectivity index (χ3v) is 4.56. The molecule has 0 bridgehead atoms. The average molecular weight is 311 g/mol. The predicted molar refractivity (Wildman–Crippen MR) is 94.3 cm³/mol. The minimum Gasteiger partial charge on any atom is -0.356 e. The number of aryl methyl sites for hydroxylation is 1. The van der Waals surface area contributed by atoms with Gasteiger partial charge in [0.2, 0.25) is 0 Å². The highest BCUT2D eigenvalue weighted by Gasteiger charge is 2.03. The third-order valence-electron chi connectivity index (χ3n) is 3.56. The number of hydrogen-bond donors (Lipinski definition) is 2. The second kappa shape index (κ2) is 9.79. The van der Waals surface area contributed by atoms with Gasteiger partial charge in [-0.15, -0.1) is 11.3 Å². The molecule has 5 heteroatoms. The fraction of sp³-hybridized carbons (Fsp3) is 0.688. The number of unbranched alkanes of at least 4 members (excludes halogenated alkanes) is 1. The lowest BCUT2D eigenvalue weighted by molar-refractivity contribution is 0.268. The number of rotatable bonds is 8. The highest BCUT2D eigenvalue weighted by Crippen LogP contribution is 2.14. The first kappa shape index (κ1) is 18.0. The Balaban J connectivity index is 2.14. The molecule has 1 rings (SSSR count). The van der Waals surface area contributed by atoms with Gasteiger partial charge in [0.15, 0.2) is 5.96 Å². The molecule has 1 aromatic heterocycles. The van der Waals surface area contributed by atoms with E-state index in [1.807, 2.05) is 18.4 Å². The van der Waals surface area contributed by atoms with E-state index in [4.69, 9.17) is 0 Å². The normalized spacial score (nSPS) is 12.2. The number of hydrogen-bond acceptors (Lipinski definition) is 3. The maximum Gasteiger partial charge on any atom is 0.191 e. The zero-order valence-electron chi connectivity index (χ0n) is 14.1. The summed E-state index contributed by atoms with van der Waals surface area (Å²) in [4.78, 5) is 9.33. The SMILES string of the molecule is CN=C(NCCCCN(C)C(C)C)NCc1ccc(C)s1. The molecule has 0 amide bonds. The molecule has 0 saturated carbocycles. The first-order valence-corrected chi connectivity index (χ1v) is 8.54. The first-order chi connectivity index (χ1) is 10.0. The molecule has 4 nitrogen and oxygen atoms in total. The molecule has 21 heavy (non-hydrogen) atoms. The lowest BCUT2D eigenvalue weighted by Gasteiger charge is -2.20. The molecule has 0 radical (unpaired) electrons. The van der Waals surface area contributed by atoms with Gasteiger partial charge in [0.05, 0.1) is 6.54 Å². The second-order valence-electron chi connectivity index (χ2n) is 5.65.